The van der Waals surface area contributed by atoms with Gasteiger partial charge in [-0.05, 0) is 39.5 Å². The molecular weight excluding hydrogens is 230 g/mol. The highest BCUT2D eigenvalue weighted by Crippen LogP contribution is 2.24. The largest absolute Gasteiger partial charge is 0.352 e. The molecule has 0 aliphatic heterocycles. The van der Waals surface area contributed by atoms with Crippen molar-refractivity contribution in [1.82, 2.24) is 10.2 Å². The maximum absolute atomic E-state index is 11.6. The predicted molar refractivity (Wildman–Crippen MR) is 70.9 cm³/mol. The molecule has 0 radical (unpaired) electrons. The Morgan fingerprint density at radius 2 is 1.83 bits per heavy atom. The fourth-order valence-corrected chi connectivity index (χ4v) is 2.83. The third kappa shape index (κ3) is 3.98. The van der Waals surface area contributed by atoms with Crippen LogP contribution in [0.5, 0.6) is 0 Å². The smallest absolute Gasteiger partial charge is 0.233 e. The quantitative estimate of drug-likeness (QED) is 0.773. The van der Waals surface area contributed by atoms with Crippen molar-refractivity contribution in [2.24, 2.45) is 5.73 Å². The van der Waals surface area contributed by atoms with E-state index in [4.69, 9.17) is 5.73 Å². The monoisotopic (exact) mass is 255 g/mol. The second-order valence-electron chi connectivity index (χ2n) is 5.30. The molecule has 0 aromatic heterocycles. The minimum Gasteiger partial charge on any atom is -0.352 e. The Kier molecular flexibility index (Phi) is 5.59. The van der Waals surface area contributed by atoms with E-state index in [0.29, 0.717) is 6.04 Å². The summed E-state index contributed by atoms with van der Waals surface area (Å²) in [5.41, 5.74) is 5.28. The molecule has 1 aliphatic carbocycles. The Hall–Kier alpha value is -1.10. The maximum atomic E-state index is 11.6. The third-order valence-corrected chi connectivity index (χ3v) is 3.56. The van der Waals surface area contributed by atoms with Crippen LogP contribution >= 0.6 is 0 Å². The number of rotatable bonds is 4. The normalized spacial score (nSPS) is 23.8. The molecule has 0 bridgehead atoms. The number of amides is 2. The Bertz CT molecular complexity index is 297. The van der Waals surface area contributed by atoms with E-state index in [-0.39, 0.29) is 30.4 Å². The highest BCUT2D eigenvalue weighted by molar-refractivity contribution is 5.78. The number of nitrogens with zero attached hydrogens (tertiary/aromatic N) is 1. The lowest BCUT2D eigenvalue weighted by Gasteiger charge is -2.39. The van der Waals surface area contributed by atoms with E-state index < -0.39 is 0 Å². The first-order valence-electron chi connectivity index (χ1n) is 6.74. The van der Waals surface area contributed by atoms with E-state index in [1.807, 2.05) is 18.7 Å². The summed E-state index contributed by atoms with van der Waals surface area (Å²) in [5, 5.41) is 2.92. The molecule has 0 saturated heterocycles. The summed E-state index contributed by atoms with van der Waals surface area (Å²) in [6.45, 7) is 5.77. The molecule has 5 heteroatoms. The van der Waals surface area contributed by atoms with Crippen LogP contribution in [0.25, 0.3) is 0 Å². The summed E-state index contributed by atoms with van der Waals surface area (Å²) in [4.78, 5) is 24.8. The van der Waals surface area contributed by atoms with Crippen LogP contribution in [0.3, 0.4) is 0 Å². The summed E-state index contributed by atoms with van der Waals surface area (Å²) in [7, 11) is 0. The lowest BCUT2D eigenvalue weighted by molar-refractivity contribution is -0.134. The van der Waals surface area contributed by atoms with Crippen LogP contribution in [-0.2, 0) is 9.59 Å². The second-order valence-corrected chi connectivity index (χ2v) is 5.30. The van der Waals surface area contributed by atoms with Crippen LogP contribution < -0.4 is 11.1 Å². The molecule has 5 nitrogen and oxygen atoms in total. The van der Waals surface area contributed by atoms with Crippen LogP contribution in [0.4, 0.5) is 0 Å². The molecule has 1 rings (SSSR count). The van der Waals surface area contributed by atoms with E-state index in [1.165, 1.54) is 0 Å². The van der Waals surface area contributed by atoms with Gasteiger partial charge in [-0.2, -0.15) is 0 Å². The molecular formula is C13H25N3O2. The van der Waals surface area contributed by atoms with Crippen molar-refractivity contribution in [3.05, 3.63) is 0 Å². The van der Waals surface area contributed by atoms with E-state index in [0.717, 1.165) is 25.7 Å². The number of carbonyl (C=O) groups excluding carboxylic acids is 2. The van der Waals surface area contributed by atoms with Gasteiger partial charge in [0.05, 0.1) is 6.54 Å². The molecule has 104 valence electrons. The molecule has 0 atom stereocenters. The highest BCUT2D eigenvalue weighted by atomic mass is 16.2. The van der Waals surface area contributed by atoms with Crippen LogP contribution in [0.15, 0.2) is 0 Å². The molecule has 3 N–H and O–H groups in total. The SMILES string of the molecule is CC(=O)N(C(C)C)C1CCC(NC(=O)CN)CC1. The Balaban J connectivity index is 2.47. The maximum Gasteiger partial charge on any atom is 0.233 e. The van der Waals surface area contributed by atoms with E-state index in [9.17, 15) is 9.59 Å². The van der Waals surface area contributed by atoms with Gasteiger partial charge < -0.3 is 16.0 Å². The van der Waals surface area contributed by atoms with Gasteiger partial charge >= 0.3 is 0 Å². The molecule has 1 aliphatic rings. The molecule has 1 fully saturated rings. The molecule has 0 aromatic rings. The zero-order valence-corrected chi connectivity index (χ0v) is 11.6. The highest BCUT2D eigenvalue weighted by Gasteiger charge is 2.29. The summed E-state index contributed by atoms with van der Waals surface area (Å²) >= 11 is 0. The number of nitrogens with two attached hydrogens (primary N) is 1. The Labute approximate surface area is 109 Å². The Morgan fingerprint density at radius 3 is 2.22 bits per heavy atom. The van der Waals surface area contributed by atoms with Crippen molar-refractivity contribution < 1.29 is 9.59 Å². The van der Waals surface area contributed by atoms with Crippen LogP contribution in [0.1, 0.15) is 46.5 Å². The molecule has 18 heavy (non-hydrogen) atoms. The number of nitrogens with one attached hydrogen (secondary N) is 1. The van der Waals surface area contributed by atoms with Gasteiger partial charge in [0.1, 0.15) is 0 Å². The van der Waals surface area contributed by atoms with Gasteiger partial charge in [0, 0.05) is 25.0 Å². The molecule has 0 heterocycles. The Morgan fingerprint density at radius 1 is 1.28 bits per heavy atom. The van der Waals surface area contributed by atoms with Gasteiger partial charge in [-0.15, -0.1) is 0 Å². The zero-order valence-electron chi connectivity index (χ0n) is 11.6. The van der Waals surface area contributed by atoms with Gasteiger partial charge in [0.15, 0.2) is 0 Å². The number of carbonyl (C=O) groups is 2. The standard InChI is InChI=1S/C13H25N3O2/c1-9(2)16(10(3)17)12-6-4-11(5-7-12)15-13(18)8-14/h9,11-12H,4-8,14H2,1-3H3,(H,15,18). The minimum atomic E-state index is -0.0919. The summed E-state index contributed by atoms with van der Waals surface area (Å²) in [6.07, 6.45) is 3.75. The fraction of sp³-hybridized carbons (Fsp3) is 0.846. The zero-order chi connectivity index (χ0) is 13.7. The van der Waals surface area contributed by atoms with E-state index in [1.54, 1.807) is 6.92 Å². The van der Waals surface area contributed by atoms with Crippen molar-refractivity contribution in [1.29, 1.82) is 0 Å². The average molecular weight is 255 g/mol. The summed E-state index contributed by atoms with van der Waals surface area (Å²) in [6, 6.07) is 0.773. The first-order chi connectivity index (χ1) is 8.45. The van der Waals surface area contributed by atoms with Crippen LogP contribution in [-0.4, -0.2) is 41.4 Å². The van der Waals surface area contributed by atoms with Crippen molar-refractivity contribution >= 4 is 11.8 Å². The van der Waals surface area contributed by atoms with Gasteiger partial charge in [-0.25, -0.2) is 0 Å². The molecule has 2 amide bonds. The van der Waals surface area contributed by atoms with Gasteiger partial charge in [-0.1, -0.05) is 0 Å². The van der Waals surface area contributed by atoms with Crippen molar-refractivity contribution in [2.75, 3.05) is 6.54 Å². The van der Waals surface area contributed by atoms with E-state index in [2.05, 4.69) is 5.32 Å². The average Bonchev–Trinajstić information content (AvgIpc) is 2.30. The summed E-state index contributed by atoms with van der Waals surface area (Å²) < 4.78 is 0. The molecule has 0 spiro atoms. The van der Waals surface area contributed by atoms with E-state index >= 15 is 0 Å². The van der Waals surface area contributed by atoms with Gasteiger partial charge in [0.25, 0.3) is 0 Å². The molecule has 0 unspecified atom stereocenters. The lowest BCUT2D eigenvalue weighted by atomic mass is 9.89. The van der Waals surface area contributed by atoms with Crippen molar-refractivity contribution in [3.8, 4) is 0 Å². The van der Waals surface area contributed by atoms with Gasteiger partial charge in [-0.3, -0.25) is 9.59 Å². The predicted octanol–water partition coefficient (Wildman–Crippen LogP) is 0.629. The number of hydrogen-bond acceptors (Lipinski definition) is 3. The molecule has 1 saturated carbocycles. The second kappa shape index (κ2) is 6.73. The number of hydrogen-bond donors (Lipinski definition) is 2. The van der Waals surface area contributed by atoms with Gasteiger partial charge in [0.2, 0.25) is 11.8 Å². The van der Waals surface area contributed by atoms with Crippen molar-refractivity contribution in [3.63, 3.8) is 0 Å². The first-order valence-corrected chi connectivity index (χ1v) is 6.74. The van der Waals surface area contributed by atoms with Crippen molar-refractivity contribution in [2.45, 2.75) is 64.6 Å². The van der Waals surface area contributed by atoms with Crippen LogP contribution in [0.2, 0.25) is 0 Å². The van der Waals surface area contributed by atoms with Crippen LogP contribution in [0, 0.1) is 0 Å². The fourth-order valence-electron chi connectivity index (χ4n) is 2.83. The minimum absolute atomic E-state index is 0.0471. The first kappa shape index (κ1) is 15.0. The third-order valence-electron chi connectivity index (χ3n) is 3.56. The topological polar surface area (TPSA) is 75.4 Å². The molecule has 0 aromatic carbocycles. The lowest BCUT2D eigenvalue weighted by Crippen LogP contribution is -2.48. The summed E-state index contributed by atoms with van der Waals surface area (Å²) in [5.74, 6) is 0.0465.